The lowest BCUT2D eigenvalue weighted by atomic mass is 10.1. The van der Waals surface area contributed by atoms with Crippen molar-refractivity contribution in [3.63, 3.8) is 0 Å². The SMILES string of the molecule is O=C(O)C[C@@H](NC(=O)NCCN1CCCCC1)C(=O)O. The minimum atomic E-state index is -1.41. The predicted molar refractivity (Wildman–Crippen MR) is 70.5 cm³/mol. The van der Waals surface area contributed by atoms with Crippen LogP contribution in [0.1, 0.15) is 25.7 Å². The number of hydrogen-bond donors (Lipinski definition) is 4. The van der Waals surface area contributed by atoms with E-state index in [0.717, 1.165) is 25.9 Å². The number of hydrogen-bond acceptors (Lipinski definition) is 4. The normalized spacial score (nSPS) is 17.2. The quantitative estimate of drug-likeness (QED) is 0.510. The molecule has 4 N–H and O–H groups in total. The summed E-state index contributed by atoms with van der Waals surface area (Å²) >= 11 is 0. The van der Waals surface area contributed by atoms with E-state index in [9.17, 15) is 14.4 Å². The number of carboxylic acids is 2. The lowest BCUT2D eigenvalue weighted by molar-refractivity contribution is -0.145. The molecule has 1 heterocycles. The van der Waals surface area contributed by atoms with Gasteiger partial charge in [-0.3, -0.25) is 4.79 Å². The Morgan fingerprint density at radius 3 is 2.30 bits per heavy atom. The zero-order chi connectivity index (χ0) is 15.0. The zero-order valence-corrected chi connectivity index (χ0v) is 11.3. The van der Waals surface area contributed by atoms with E-state index < -0.39 is 30.4 Å². The van der Waals surface area contributed by atoms with Gasteiger partial charge in [0, 0.05) is 13.1 Å². The largest absolute Gasteiger partial charge is 0.481 e. The van der Waals surface area contributed by atoms with Crippen molar-refractivity contribution in [2.45, 2.75) is 31.7 Å². The summed E-state index contributed by atoms with van der Waals surface area (Å²) in [6.45, 7) is 3.15. The molecule has 0 bridgehead atoms. The molecule has 8 nitrogen and oxygen atoms in total. The van der Waals surface area contributed by atoms with Crippen LogP contribution in [0.4, 0.5) is 4.79 Å². The Hall–Kier alpha value is -1.83. The van der Waals surface area contributed by atoms with E-state index in [4.69, 9.17) is 10.2 Å². The number of rotatable bonds is 7. The van der Waals surface area contributed by atoms with Crippen LogP contribution in [0.15, 0.2) is 0 Å². The number of amides is 2. The van der Waals surface area contributed by atoms with E-state index >= 15 is 0 Å². The maximum absolute atomic E-state index is 11.5. The fourth-order valence-electron chi connectivity index (χ4n) is 2.09. The highest BCUT2D eigenvalue weighted by Gasteiger charge is 2.22. The first-order chi connectivity index (χ1) is 9.49. The van der Waals surface area contributed by atoms with Gasteiger partial charge in [-0.2, -0.15) is 0 Å². The van der Waals surface area contributed by atoms with Crippen LogP contribution in [0.2, 0.25) is 0 Å². The minimum absolute atomic E-state index is 0.408. The van der Waals surface area contributed by atoms with Crippen LogP contribution in [0, 0.1) is 0 Å². The molecule has 0 radical (unpaired) electrons. The second-order valence-corrected chi connectivity index (χ2v) is 4.79. The highest BCUT2D eigenvalue weighted by atomic mass is 16.4. The van der Waals surface area contributed by atoms with Crippen molar-refractivity contribution in [1.82, 2.24) is 15.5 Å². The van der Waals surface area contributed by atoms with Crippen molar-refractivity contribution in [3.8, 4) is 0 Å². The maximum Gasteiger partial charge on any atom is 0.326 e. The van der Waals surface area contributed by atoms with Crippen LogP contribution in [-0.2, 0) is 9.59 Å². The first kappa shape index (κ1) is 16.2. The van der Waals surface area contributed by atoms with Gasteiger partial charge in [-0.05, 0) is 25.9 Å². The van der Waals surface area contributed by atoms with Crippen molar-refractivity contribution in [2.24, 2.45) is 0 Å². The Bertz CT molecular complexity index is 355. The van der Waals surface area contributed by atoms with Gasteiger partial charge >= 0.3 is 18.0 Å². The Labute approximate surface area is 117 Å². The molecule has 1 fully saturated rings. The molecule has 1 aliphatic heterocycles. The highest BCUT2D eigenvalue weighted by molar-refractivity contribution is 5.86. The van der Waals surface area contributed by atoms with Gasteiger partial charge in [0.2, 0.25) is 0 Å². The summed E-state index contributed by atoms with van der Waals surface area (Å²) in [6, 6.07) is -2.07. The molecule has 0 aromatic heterocycles. The predicted octanol–water partition coefficient (Wildman–Crippen LogP) is -0.301. The molecule has 114 valence electrons. The average Bonchev–Trinajstić information content (AvgIpc) is 2.38. The van der Waals surface area contributed by atoms with Crippen molar-refractivity contribution >= 4 is 18.0 Å². The van der Waals surface area contributed by atoms with Gasteiger partial charge in [0.15, 0.2) is 0 Å². The third kappa shape index (κ3) is 6.37. The Balaban J connectivity index is 2.23. The van der Waals surface area contributed by atoms with Crippen LogP contribution in [0.5, 0.6) is 0 Å². The van der Waals surface area contributed by atoms with Gasteiger partial charge in [0.05, 0.1) is 6.42 Å². The van der Waals surface area contributed by atoms with E-state index in [1.165, 1.54) is 6.42 Å². The van der Waals surface area contributed by atoms with E-state index in [1.807, 2.05) is 0 Å². The van der Waals surface area contributed by atoms with E-state index in [2.05, 4.69) is 15.5 Å². The summed E-state index contributed by atoms with van der Waals surface area (Å²) in [4.78, 5) is 35.0. The number of aliphatic carboxylic acids is 2. The Morgan fingerprint density at radius 2 is 1.75 bits per heavy atom. The van der Waals surface area contributed by atoms with E-state index in [-0.39, 0.29) is 0 Å². The molecule has 20 heavy (non-hydrogen) atoms. The van der Waals surface area contributed by atoms with Gasteiger partial charge in [-0.25, -0.2) is 9.59 Å². The van der Waals surface area contributed by atoms with Crippen LogP contribution >= 0.6 is 0 Å². The van der Waals surface area contributed by atoms with Crippen LogP contribution in [-0.4, -0.2) is 65.3 Å². The second-order valence-electron chi connectivity index (χ2n) is 4.79. The summed E-state index contributed by atoms with van der Waals surface area (Å²) in [5.74, 6) is -2.63. The molecule has 0 aliphatic carbocycles. The summed E-state index contributed by atoms with van der Waals surface area (Å²) in [5.41, 5.74) is 0. The molecule has 0 aromatic rings. The van der Waals surface area contributed by atoms with Gasteiger partial charge in [0.25, 0.3) is 0 Å². The minimum Gasteiger partial charge on any atom is -0.481 e. The van der Waals surface area contributed by atoms with Gasteiger partial charge < -0.3 is 25.7 Å². The molecule has 0 unspecified atom stereocenters. The number of urea groups is 1. The van der Waals surface area contributed by atoms with Gasteiger partial charge in [-0.15, -0.1) is 0 Å². The first-order valence-corrected chi connectivity index (χ1v) is 6.70. The number of carboxylic acid groups (broad SMARTS) is 2. The number of likely N-dealkylation sites (tertiary alicyclic amines) is 1. The highest BCUT2D eigenvalue weighted by Crippen LogP contribution is 2.07. The molecular formula is C12H21N3O5. The summed E-state index contributed by atoms with van der Waals surface area (Å²) in [5, 5.41) is 22.0. The maximum atomic E-state index is 11.5. The molecular weight excluding hydrogens is 266 g/mol. The molecule has 0 spiro atoms. The fraction of sp³-hybridized carbons (Fsp3) is 0.750. The second kappa shape index (κ2) is 8.36. The van der Waals surface area contributed by atoms with Crippen molar-refractivity contribution < 1.29 is 24.6 Å². The van der Waals surface area contributed by atoms with Crippen LogP contribution in [0.25, 0.3) is 0 Å². The molecule has 2 amide bonds. The lowest BCUT2D eigenvalue weighted by Crippen LogP contribution is -2.48. The molecule has 1 aliphatic rings. The molecule has 1 atom stereocenters. The smallest absolute Gasteiger partial charge is 0.326 e. The van der Waals surface area contributed by atoms with Crippen molar-refractivity contribution in [1.29, 1.82) is 0 Å². The zero-order valence-electron chi connectivity index (χ0n) is 11.3. The summed E-state index contributed by atoms with van der Waals surface area (Å²) < 4.78 is 0. The van der Waals surface area contributed by atoms with Crippen LogP contribution < -0.4 is 10.6 Å². The van der Waals surface area contributed by atoms with Gasteiger partial charge in [0.1, 0.15) is 6.04 Å². The Morgan fingerprint density at radius 1 is 1.10 bits per heavy atom. The van der Waals surface area contributed by atoms with Crippen molar-refractivity contribution in [3.05, 3.63) is 0 Å². The average molecular weight is 287 g/mol. The lowest BCUT2D eigenvalue weighted by Gasteiger charge is -2.26. The summed E-state index contributed by atoms with van der Waals surface area (Å²) in [7, 11) is 0. The monoisotopic (exact) mass is 287 g/mol. The third-order valence-electron chi connectivity index (χ3n) is 3.14. The number of piperidine rings is 1. The summed E-state index contributed by atoms with van der Waals surface area (Å²) in [6.07, 6.45) is 2.91. The van der Waals surface area contributed by atoms with Crippen LogP contribution in [0.3, 0.4) is 0 Å². The fourth-order valence-corrected chi connectivity index (χ4v) is 2.09. The topological polar surface area (TPSA) is 119 Å². The first-order valence-electron chi connectivity index (χ1n) is 6.70. The third-order valence-corrected chi connectivity index (χ3v) is 3.14. The van der Waals surface area contributed by atoms with E-state index in [1.54, 1.807) is 0 Å². The molecule has 0 aromatic carbocycles. The number of carbonyl (C=O) groups excluding carboxylic acids is 1. The van der Waals surface area contributed by atoms with Crippen molar-refractivity contribution in [2.75, 3.05) is 26.2 Å². The number of nitrogens with zero attached hydrogens (tertiary/aromatic N) is 1. The molecule has 8 heteroatoms. The van der Waals surface area contributed by atoms with E-state index in [0.29, 0.717) is 13.1 Å². The number of nitrogens with one attached hydrogen (secondary N) is 2. The molecule has 1 rings (SSSR count). The number of carbonyl (C=O) groups is 3. The van der Waals surface area contributed by atoms with Gasteiger partial charge in [-0.1, -0.05) is 6.42 Å². The Kier molecular flexibility index (Phi) is 6.78. The standard InChI is InChI=1S/C12H21N3O5/c16-10(17)8-9(11(18)19)14-12(20)13-4-7-15-5-2-1-3-6-15/h9H,1-8H2,(H,16,17)(H,18,19)(H2,13,14,20)/t9-/m1/s1. The molecule has 1 saturated heterocycles. The molecule has 0 saturated carbocycles.